The maximum atomic E-state index is 11.9. The first-order valence-corrected chi connectivity index (χ1v) is 6.54. The molecule has 1 fully saturated rings. The Kier molecular flexibility index (Phi) is 5.74. The van der Waals surface area contributed by atoms with Gasteiger partial charge >= 0.3 is 0 Å². The lowest BCUT2D eigenvalue weighted by Crippen LogP contribution is -2.34. The number of hydrogen-bond acceptors (Lipinski definition) is 1. The van der Waals surface area contributed by atoms with Crippen LogP contribution >= 0.6 is 0 Å². The van der Waals surface area contributed by atoms with Gasteiger partial charge in [0.15, 0.2) is 0 Å². The second-order valence-electron chi connectivity index (χ2n) is 4.78. The lowest BCUT2D eigenvalue weighted by Gasteiger charge is -2.22. The monoisotopic (exact) mass is 211 g/mol. The molecule has 88 valence electrons. The van der Waals surface area contributed by atoms with Gasteiger partial charge in [0.1, 0.15) is 0 Å². The molecule has 0 aromatic carbocycles. The average Bonchev–Trinajstić information content (AvgIpc) is 2.39. The molecule has 2 heteroatoms. The molecule has 15 heavy (non-hydrogen) atoms. The maximum absolute atomic E-state index is 11.9. The molecular weight excluding hydrogens is 186 g/mol. The average molecular weight is 211 g/mol. The van der Waals surface area contributed by atoms with Gasteiger partial charge in [0.2, 0.25) is 5.91 Å². The Labute approximate surface area is 94.0 Å². The Bertz CT molecular complexity index is 191. The zero-order valence-electron chi connectivity index (χ0n) is 10.3. The molecule has 0 aromatic rings. The highest BCUT2D eigenvalue weighted by molar-refractivity contribution is 5.78. The SMILES string of the molecule is CCCCCCN1CCCCC(C)C1=O. The van der Waals surface area contributed by atoms with Crippen molar-refractivity contribution in [2.24, 2.45) is 5.92 Å². The first-order valence-electron chi connectivity index (χ1n) is 6.54. The minimum absolute atomic E-state index is 0.263. The molecule has 1 unspecified atom stereocenters. The molecule has 0 N–H and O–H groups in total. The minimum atomic E-state index is 0.263. The zero-order valence-corrected chi connectivity index (χ0v) is 10.3. The Hall–Kier alpha value is -0.530. The van der Waals surface area contributed by atoms with Gasteiger partial charge in [-0.15, -0.1) is 0 Å². The third-order valence-electron chi connectivity index (χ3n) is 3.33. The van der Waals surface area contributed by atoms with Crippen molar-refractivity contribution in [2.45, 2.75) is 58.8 Å². The summed E-state index contributed by atoms with van der Waals surface area (Å²) in [7, 11) is 0. The number of nitrogens with zero attached hydrogens (tertiary/aromatic N) is 1. The van der Waals surface area contributed by atoms with Crippen molar-refractivity contribution in [1.29, 1.82) is 0 Å². The van der Waals surface area contributed by atoms with Crippen LogP contribution in [0.3, 0.4) is 0 Å². The van der Waals surface area contributed by atoms with Gasteiger partial charge in [0.25, 0.3) is 0 Å². The van der Waals surface area contributed by atoms with Crippen LogP contribution in [0.1, 0.15) is 58.8 Å². The smallest absolute Gasteiger partial charge is 0.225 e. The fourth-order valence-electron chi connectivity index (χ4n) is 2.25. The molecule has 0 bridgehead atoms. The van der Waals surface area contributed by atoms with E-state index in [1.807, 2.05) is 0 Å². The first-order chi connectivity index (χ1) is 7.25. The minimum Gasteiger partial charge on any atom is -0.342 e. The molecule has 0 radical (unpaired) electrons. The molecule has 1 atom stereocenters. The Morgan fingerprint density at radius 3 is 2.80 bits per heavy atom. The molecule has 1 aliphatic heterocycles. The summed E-state index contributed by atoms with van der Waals surface area (Å²) in [5.74, 6) is 0.655. The highest BCUT2D eigenvalue weighted by Crippen LogP contribution is 2.17. The van der Waals surface area contributed by atoms with Crippen molar-refractivity contribution < 1.29 is 4.79 Å². The van der Waals surface area contributed by atoms with E-state index in [1.54, 1.807) is 0 Å². The van der Waals surface area contributed by atoms with Gasteiger partial charge in [-0.1, -0.05) is 39.5 Å². The van der Waals surface area contributed by atoms with Crippen LogP contribution in [0.2, 0.25) is 0 Å². The van der Waals surface area contributed by atoms with Gasteiger partial charge in [-0.2, -0.15) is 0 Å². The maximum Gasteiger partial charge on any atom is 0.225 e. The second-order valence-corrected chi connectivity index (χ2v) is 4.78. The summed E-state index contributed by atoms with van der Waals surface area (Å²) in [4.78, 5) is 14.0. The molecular formula is C13H25NO. The Morgan fingerprint density at radius 2 is 2.07 bits per heavy atom. The van der Waals surface area contributed by atoms with E-state index >= 15 is 0 Å². The van der Waals surface area contributed by atoms with Crippen LogP contribution in [0.15, 0.2) is 0 Å². The molecule has 0 saturated carbocycles. The number of likely N-dealkylation sites (tertiary alicyclic amines) is 1. The van der Waals surface area contributed by atoms with Gasteiger partial charge in [-0.3, -0.25) is 4.79 Å². The molecule has 1 rings (SSSR count). The van der Waals surface area contributed by atoms with Crippen LogP contribution < -0.4 is 0 Å². The predicted octanol–water partition coefficient (Wildman–Crippen LogP) is 3.22. The summed E-state index contributed by atoms with van der Waals surface area (Å²) in [6.07, 6.45) is 8.54. The van der Waals surface area contributed by atoms with E-state index in [-0.39, 0.29) is 5.92 Å². The molecule has 0 aromatic heterocycles. The number of rotatable bonds is 5. The van der Waals surface area contributed by atoms with Crippen LogP contribution in [0.5, 0.6) is 0 Å². The summed E-state index contributed by atoms with van der Waals surface area (Å²) < 4.78 is 0. The Morgan fingerprint density at radius 1 is 1.27 bits per heavy atom. The molecule has 0 aliphatic carbocycles. The molecule has 1 amide bonds. The fourth-order valence-corrected chi connectivity index (χ4v) is 2.25. The normalized spacial score (nSPS) is 22.9. The van der Waals surface area contributed by atoms with E-state index in [0.29, 0.717) is 5.91 Å². The van der Waals surface area contributed by atoms with Crippen molar-refractivity contribution in [3.8, 4) is 0 Å². The Balaban J connectivity index is 2.28. The highest BCUT2D eigenvalue weighted by atomic mass is 16.2. The summed E-state index contributed by atoms with van der Waals surface area (Å²) in [6, 6.07) is 0. The molecule has 1 saturated heterocycles. The van der Waals surface area contributed by atoms with Gasteiger partial charge in [-0.25, -0.2) is 0 Å². The largest absolute Gasteiger partial charge is 0.342 e. The molecule has 0 spiro atoms. The lowest BCUT2D eigenvalue weighted by molar-refractivity contribution is -0.134. The van der Waals surface area contributed by atoms with Gasteiger partial charge in [-0.05, 0) is 19.3 Å². The van der Waals surface area contributed by atoms with E-state index in [0.717, 1.165) is 19.5 Å². The number of amides is 1. The van der Waals surface area contributed by atoms with Crippen LogP contribution in [0, 0.1) is 5.92 Å². The number of carbonyl (C=O) groups is 1. The third-order valence-corrected chi connectivity index (χ3v) is 3.33. The zero-order chi connectivity index (χ0) is 11.1. The summed E-state index contributed by atoms with van der Waals surface area (Å²) in [6.45, 7) is 6.28. The van der Waals surface area contributed by atoms with E-state index in [9.17, 15) is 4.79 Å². The number of carbonyl (C=O) groups excluding carboxylic acids is 1. The van der Waals surface area contributed by atoms with Crippen LogP contribution in [0.25, 0.3) is 0 Å². The van der Waals surface area contributed by atoms with Crippen molar-refractivity contribution >= 4 is 5.91 Å². The van der Waals surface area contributed by atoms with E-state index < -0.39 is 0 Å². The van der Waals surface area contributed by atoms with Gasteiger partial charge < -0.3 is 4.90 Å². The van der Waals surface area contributed by atoms with Gasteiger partial charge in [0, 0.05) is 19.0 Å². The summed E-state index contributed by atoms with van der Waals surface area (Å²) in [5.41, 5.74) is 0. The fraction of sp³-hybridized carbons (Fsp3) is 0.923. The standard InChI is InChI=1S/C13H25NO/c1-3-4-5-7-10-14-11-8-6-9-12(2)13(14)15/h12H,3-11H2,1-2H3. The van der Waals surface area contributed by atoms with Crippen LogP contribution in [0.4, 0.5) is 0 Å². The lowest BCUT2D eigenvalue weighted by atomic mass is 10.1. The first kappa shape index (κ1) is 12.5. The van der Waals surface area contributed by atoms with Crippen LogP contribution in [-0.2, 0) is 4.79 Å². The second kappa shape index (κ2) is 6.86. The van der Waals surface area contributed by atoms with Crippen molar-refractivity contribution in [2.75, 3.05) is 13.1 Å². The van der Waals surface area contributed by atoms with E-state index in [4.69, 9.17) is 0 Å². The molecule has 1 heterocycles. The van der Waals surface area contributed by atoms with Crippen LogP contribution in [-0.4, -0.2) is 23.9 Å². The number of unbranched alkanes of at least 4 members (excludes halogenated alkanes) is 3. The topological polar surface area (TPSA) is 20.3 Å². The highest BCUT2D eigenvalue weighted by Gasteiger charge is 2.22. The predicted molar refractivity (Wildman–Crippen MR) is 63.7 cm³/mol. The quantitative estimate of drug-likeness (QED) is 0.639. The summed E-state index contributed by atoms with van der Waals surface area (Å²) in [5, 5.41) is 0. The van der Waals surface area contributed by atoms with Crippen molar-refractivity contribution in [3.05, 3.63) is 0 Å². The third kappa shape index (κ3) is 4.23. The molecule has 1 aliphatic rings. The molecule has 2 nitrogen and oxygen atoms in total. The van der Waals surface area contributed by atoms with Crippen molar-refractivity contribution in [3.63, 3.8) is 0 Å². The number of hydrogen-bond donors (Lipinski definition) is 0. The van der Waals surface area contributed by atoms with E-state index in [2.05, 4.69) is 18.7 Å². The van der Waals surface area contributed by atoms with Crippen molar-refractivity contribution in [1.82, 2.24) is 4.90 Å². The van der Waals surface area contributed by atoms with E-state index in [1.165, 1.54) is 38.5 Å². The summed E-state index contributed by atoms with van der Waals surface area (Å²) >= 11 is 0. The van der Waals surface area contributed by atoms with Gasteiger partial charge in [0.05, 0.1) is 0 Å².